The molecule has 1 aliphatic heterocycles. The lowest BCUT2D eigenvalue weighted by atomic mass is 10.3. The summed E-state index contributed by atoms with van der Waals surface area (Å²) in [7, 11) is 1.54. The summed E-state index contributed by atoms with van der Waals surface area (Å²) in [4.78, 5) is 24.0. The highest BCUT2D eigenvalue weighted by Crippen LogP contribution is 2.13. The largest absolute Gasteiger partial charge is 0.375 e. The molecule has 98 valence electrons. The van der Waals surface area contributed by atoms with E-state index < -0.39 is 0 Å². The number of methoxy groups -OCH3 is 1. The Morgan fingerprint density at radius 1 is 1.33 bits per heavy atom. The fourth-order valence-electron chi connectivity index (χ4n) is 2.01. The summed E-state index contributed by atoms with van der Waals surface area (Å²) in [5, 5.41) is 0. The third kappa shape index (κ3) is 2.95. The average molecular weight is 250 g/mol. The van der Waals surface area contributed by atoms with E-state index in [2.05, 4.69) is 14.9 Å². The molecule has 6 nitrogen and oxygen atoms in total. The first-order valence-electron chi connectivity index (χ1n) is 6.01. The number of amides is 1. The van der Waals surface area contributed by atoms with Crippen LogP contribution >= 0.6 is 0 Å². The van der Waals surface area contributed by atoms with Crippen LogP contribution in [0.4, 0.5) is 5.82 Å². The van der Waals surface area contributed by atoms with E-state index in [4.69, 9.17) is 4.74 Å². The molecule has 18 heavy (non-hydrogen) atoms. The van der Waals surface area contributed by atoms with Crippen molar-refractivity contribution in [3.05, 3.63) is 18.1 Å². The number of rotatable bonds is 3. The minimum atomic E-state index is 0.0519. The maximum Gasteiger partial charge on any atom is 0.248 e. The van der Waals surface area contributed by atoms with Crippen LogP contribution in [0, 0.1) is 6.92 Å². The first-order chi connectivity index (χ1) is 8.70. The molecule has 0 saturated carbocycles. The van der Waals surface area contributed by atoms with Crippen LogP contribution in [0.3, 0.4) is 0 Å². The van der Waals surface area contributed by atoms with E-state index in [1.165, 1.54) is 7.11 Å². The lowest BCUT2D eigenvalue weighted by Crippen LogP contribution is -2.50. The second-order valence-corrected chi connectivity index (χ2v) is 4.32. The summed E-state index contributed by atoms with van der Waals surface area (Å²) >= 11 is 0. The summed E-state index contributed by atoms with van der Waals surface area (Å²) in [6, 6.07) is 1.96. The Morgan fingerprint density at radius 3 is 2.67 bits per heavy atom. The smallest absolute Gasteiger partial charge is 0.248 e. The van der Waals surface area contributed by atoms with E-state index in [1.807, 2.05) is 17.9 Å². The van der Waals surface area contributed by atoms with Gasteiger partial charge in [0.2, 0.25) is 5.91 Å². The topological polar surface area (TPSA) is 58.6 Å². The SMILES string of the molecule is COCC(=O)N1CCN(c2cc(C)ncn2)CC1. The van der Waals surface area contributed by atoms with Gasteiger partial charge in [0.1, 0.15) is 18.8 Å². The minimum Gasteiger partial charge on any atom is -0.375 e. The number of nitrogens with zero attached hydrogens (tertiary/aromatic N) is 4. The summed E-state index contributed by atoms with van der Waals surface area (Å²) in [5.74, 6) is 0.984. The van der Waals surface area contributed by atoms with Gasteiger partial charge in [-0.2, -0.15) is 0 Å². The molecule has 1 aromatic heterocycles. The second kappa shape index (κ2) is 5.77. The molecule has 6 heteroatoms. The van der Waals surface area contributed by atoms with Crippen LogP contribution in [-0.4, -0.2) is 60.7 Å². The van der Waals surface area contributed by atoms with Crippen molar-refractivity contribution in [2.45, 2.75) is 6.92 Å². The Bertz CT molecular complexity index is 416. The first-order valence-corrected chi connectivity index (χ1v) is 6.01. The molecule has 0 spiro atoms. The predicted octanol–water partition coefficient (Wildman–Crippen LogP) is 0.0800. The number of aryl methyl sites for hydroxylation is 1. The van der Waals surface area contributed by atoms with Crippen LogP contribution in [0.5, 0.6) is 0 Å². The van der Waals surface area contributed by atoms with Gasteiger partial charge in [0.15, 0.2) is 0 Å². The summed E-state index contributed by atoms with van der Waals surface area (Å²) < 4.78 is 4.86. The fourth-order valence-corrected chi connectivity index (χ4v) is 2.01. The molecular weight excluding hydrogens is 232 g/mol. The zero-order valence-electron chi connectivity index (χ0n) is 10.8. The lowest BCUT2D eigenvalue weighted by molar-refractivity contribution is -0.135. The van der Waals surface area contributed by atoms with Crippen molar-refractivity contribution in [3.8, 4) is 0 Å². The van der Waals surface area contributed by atoms with Gasteiger partial charge in [-0.1, -0.05) is 0 Å². The molecule has 1 aromatic rings. The lowest BCUT2D eigenvalue weighted by Gasteiger charge is -2.35. The first kappa shape index (κ1) is 12.8. The van der Waals surface area contributed by atoms with E-state index in [9.17, 15) is 4.79 Å². The molecule has 1 fully saturated rings. The van der Waals surface area contributed by atoms with Gasteiger partial charge in [-0.15, -0.1) is 0 Å². The Morgan fingerprint density at radius 2 is 2.06 bits per heavy atom. The number of anilines is 1. The van der Waals surface area contributed by atoms with Crippen LogP contribution in [0.2, 0.25) is 0 Å². The number of ether oxygens (including phenoxy) is 1. The van der Waals surface area contributed by atoms with Crippen LogP contribution in [0.1, 0.15) is 5.69 Å². The quantitative estimate of drug-likeness (QED) is 0.760. The molecule has 0 radical (unpaired) electrons. The molecule has 0 aromatic carbocycles. The Balaban J connectivity index is 1.92. The van der Waals surface area contributed by atoms with E-state index >= 15 is 0 Å². The number of aromatic nitrogens is 2. The molecule has 0 N–H and O–H groups in total. The number of carbonyl (C=O) groups is 1. The molecule has 2 heterocycles. The maximum atomic E-state index is 11.7. The number of piperazine rings is 1. The van der Waals surface area contributed by atoms with E-state index in [0.29, 0.717) is 13.1 Å². The van der Waals surface area contributed by atoms with Gasteiger partial charge in [-0.3, -0.25) is 4.79 Å². The van der Waals surface area contributed by atoms with Gasteiger partial charge in [0, 0.05) is 45.0 Å². The predicted molar refractivity (Wildman–Crippen MR) is 67.4 cm³/mol. The van der Waals surface area contributed by atoms with E-state index in [-0.39, 0.29) is 12.5 Å². The van der Waals surface area contributed by atoms with Crippen LogP contribution in [0.15, 0.2) is 12.4 Å². The molecule has 0 aliphatic carbocycles. The molecule has 1 saturated heterocycles. The van der Waals surface area contributed by atoms with Crippen molar-refractivity contribution >= 4 is 11.7 Å². The molecule has 0 atom stereocenters. The van der Waals surface area contributed by atoms with Gasteiger partial charge in [0.25, 0.3) is 0 Å². The van der Waals surface area contributed by atoms with Gasteiger partial charge in [0.05, 0.1) is 0 Å². The number of hydrogen-bond acceptors (Lipinski definition) is 5. The van der Waals surface area contributed by atoms with Gasteiger partial charge >= 0.3 is 0 Å². The van der Waals surface area contributed by atoms with E-state index in [1.54, 1.807) is 6.33 Å². The number of hydrogen-bond donors (Lipinski definition) is 0. The van der Waals surface area contributed by atoms with Crippen LogP contribution < -0.4 is 4.90 Å². The Hall–Kier alpha value is -1.69. The molecule has 1 aliphatic rings. The van der Waals surface area contributed by atoms with Crippen molar-refractivity contribution < 1.29 is 9.53 Å². The van der Waals surface area contributed by atoms with Gasteiger partial charge < -0.3 is 14.5 Å². The molecule has 2 rings (SSSR count). The number of carbonyl (C=O) groups excluding carboxylic acids is 1. The van der Waals surface area contributed by atoms with Gasteiger partial charge in [-0.25, -0.2) is 9.97 Å². The highest BCUT2D eigenvalue weighted by molar-refractivity contribution is 5.77. The van der Waals surface area contributed by atoms with E-state index in [0.717, 1.165) is 24.6 Å². The highest BCUT2D eigenvalue weighted by Gasteiger charge is 2.21. The fraction of sp³-hybridized carbons (Fsp3) is 0.583. The Labute approximate surface area is 107 Å². The minimum absolute atomic E-state index is 0.0519. The second-order valence-electron chi connectivity index (χ2n) is 4.32. The molecule has 1 amide bonds. The molecule has 0 unspecified atom stereocenters. The zero-order valence-corrected chi connectivity index (χ0v) is 10.8. The molecular formula is C12H18N4O2. The molecule has 0 bridgehead atoms. The van der Waals surface area contributed by atoms with Gasteiger partial charge in [-0.05, 0) is 6.92 Å². The average Bonchev–Trinajstić information content (AvgIpc) is 2.39. The van der Waals surface area contributed by atoms with Crippen molar-refractivity contribution in [3.63, 3.8) is 0 Å². The zero-order chi connectivity index (χ0) is 13.0. The Kier molecular flexibility index (Phi) is 4.09. The third-order valence-electron chi connectivity index (χ3n) is 3.01. The summed E-state index contributed by atoms with van der Waals surface area (Å²) in [5.41, 5.74) is 0.956. The third-order valence-corrected chi connectivity index (χ3v) is 3.01. The van der Waals surface area contributed by atoms with Crippen molar-refractivity contribution in [2.75, 3.05) is 44.8 Å². The van der Waals surface area contributed by atoms with Crippen molar-refractivity contribution in [2.24, 2.45) is 0 Å². The van der Waals surface area contributed by atoms with Crippen molar-refractivity contribution in [1.82, 2.24) is 14.9 Å². The van der Waals surface area contributed by atoms with Crippen LogP contribution in [0.25, 0.3) is 0 Å². The summed E-state index contributed by atoms with van der Waals surface area (Å²) in [6.45, 7) is 5.13. The maximum absolute atomic E-state index is 11.7. The monoisotopic (exact) mass is 250 g/mol. The highest BCUT2D eigenvalue weighted by atomic mass is 16.5. The summed E-state index contributed by atoms with van der Waals surface area (Å²) in [6.07, 6.45) is 1.58. The standard InChI is InChI=1S/C12H18N4O2/c1-10-7-11(14-9-13-10)15-3-5-16(6-4-15)12(17)8-18-2/h7,9H,3-6,8H2,1-2H3. The van der Waals surface area contributed by atoms with Crippen LogP contribution in [-0.2, 0) is 9.53 Å². The van der Waals surface area contributed by atoms with Crippen molar-refractivity contribution in [1.29, 1.82) is 0 Å². The normalized spacial score (nSPS) is 15.9.